The molecule has 2 N–H and O–H groups in total. The predicted molar refractivity (Wildman–Crippen MR) is 101 cm³/mol. The molecule has 1 heterocycles. The van der Waals surface area contributed by atoms with Gasteiger partial charge in [0.2, 0.25) is 10.0 Å². The first-order valence-electron chi connectivity index (χ1n) is 9.00. The van der Waals surface area contributed by atoms with Crippen molar-refractivity contribution in [3.8, 4) is 11.5 Å². The molecule has 0 saturated carbocycles. The second kappa shape index (κ2) is 8.52. The molecule has 0 radical (unpaired) electrons. The molecule has 3 rings (SSSR count). The minimum atomic E-state index is -4.92. The number of benzene rings is 2. The molecule has 1 aliphatic rings. The lowest BCUT2D eigenvalue weighted by atomic mass is 10.1. The number of sulfonamides is 1. The van der Waals surface area contributed by atoms with Gasteiger partial charge in [-0.15, -0.1) is 0 Å². The number of nitrogens with zero attached hydrogens (tertiary/aromatic N) is 1. The summed E-state index contributed by atoms with van der Waals surface area (Å²) in [4.78, 5) is 11.2. The van der Waals surface area contributed by atoms with Crippen LogP contribution in [-0.4, -0.2) is 43.6 Å². The average molecular weight is 444 g/mol. The smallest absolute Gasteiger partial charge is 0.417 e. The van der Waals surface area contributed by atoms with Crippen LogP contribution < -0.4 is 9.46 Å². The van der Waals surface area contributed by atoms with Crippen LogP contribution in [0.3, 0.4) is 0 Å². The zero-order valence-corrected chi connectivity index (χ0v) is 16.4. The second-order valence-corrected chi connectivity index (χ2v) is 8.42. The monoisotopic (exact) mass is 444 g/mol. The molecule has 11 heteroatoms. The molecule has 2 aromatic rings. The Balaban J connectivity index is 1.84. The van der Waals surface area contributed by atoms with Crippen LogP contribution in [0.2, 0.25) is 0 Å². The number of para-hydroxylation sites is 1. The molecule has 0 bridgehead atoms. The van der Waals surface area contributed by atoms with Gasteiger partial charge in [0.15, 0.2) is 0 Å². The zero-order chi connectivity index (χ0) is 21.9. The first kappa shape index (κ1) is 21.9. The largest absolute Gasteiger partial charge is 0.465 e. The molecule has 1 amide bonds. The molecule has 2 aromatic carbocycles. The zero-order valence-electron chi connectivity index (χ0n) is 15.6. The Bertz CT molecular complexity index is 1000. The van der Waals surface area contributed by atoms with E-state index in [0.29, 0.717) is 11.8 Å². The van der Waals surface area contributed by atoms with Gasteiger partial charge in [0.05, 0.1) is 10.5 Å². The molecule has 1 fully saturated rings. The van der Waals surface area contributed by atoms with E-state index in [1.807, 2.05) is 0 Å². The summed E-state index contributed by atoms with van der Waals surface area (Å²) >= 11 is 0. The normalized spacial score (nSPS) is 15.8. The highest BCUT2D eigenvalue weighted by molar-refractivity contribution is 7.89. The standard InChI is InChI=1S/C19H19F3N2O5S/c20-19(21,22)16-12-15(29-14-4-2-1-3-5-14)6-7-17(16)30(27,28)23-13-8-10-24(11-9-13)18(25)26/h1-7,12-13,23H,8-11H2,(H,25,26). The molecule has 162 valence electrons. The number of rotatable bonds is 5. The van der Waals surface area contributed by atoms with E-state index in [9.17, 15) is 26.4 Å². The van der Waals surface area contributed by atoms with E-state index < -0.39 is 38.8 Å². The van der Waals surface area contributed by atoms with Crippen molar-refractivity contribution in [2.75, 3.05) is 13.1 Å². The van der Waals surface area contributed by atoms with Crippen LogP contribution in [0.25, 0.3) is 0 Å². The Morgan fingerprint density at radius 2 is 1.70 bits per heavy atom. The highest BCUT2D eigenvalue weighted by Gasteiger charge is 2.38. The summed E-state index contributed by atoms with van der Waals surface area (Å²) in [6.45, 7) is 0.191. The van der Waals surface area contributed by atoms with E-state index in [2.05, 4.69) is 4.72 Å². The molecule has 0 unspecified atom stereocenters. The topological polar surface area (TPSA) is 95.9 Å². The van der Waals surface area contributed by atoms with Gasteiger partial charge in [0.1, 0.15) is 11.5 Å². The summed E-state index contributed by atoms with van der Waals surface area (Å²) in [7, 11) is -4.49. The van der Waals surface area contributed by atoms with Crippen LogP contribution in [0.15, 0.2) is 53.4 Å². The molecule has 1 aliphatic heterocycles. The van der Waals surface area contributed by atoms with Crippen molar-refractivity contribution >= 4 is 16.1 Å². The van der Waals surface area contributed by atoms with E-state index >= 15 is 0 Å². The SMILES string of the molecule is O=C(O)N1CCC(NS(=O)(=O)c2ccc(Oc3ccccc3)cc2C(F)(F)F)CC1. The lowest BCUT2D eigenvalue weighted by Gasteiger charge is -2.30. The first-order valence-corrected chi connectivity index (χ1v) is 10.5. The van der Waals surface area contributed by atoms with Crippen molar-refractivity contribution in [1.29, 1.82) is 0 Å². The fourth-order valence-corrected chi connectivity index (χ4v) is 4.64. The Morgan fingerprint density at radius 1 is 1.07 bits per heavy atom. The van der Waals surface area contributed by atoms with Gasteiger partial charge in [0.25, 0.3) is 0 Å². The van der Waals surface area contributed by atoms with Gasteiger partial charge in [-0.3, -0.25) is 0 Å². The van der Waals surface area contributed by atoms with Crippen molar-refractivity contribution in [3.63, 3.8) is 0 Å². The van der Waals surface area contributed by atoms with Gasteiger partial charge in [-0.05, 0) is 43.2 Å². The quantitative estimate of drug-likeness (QED) is 0.729. The van der Waals surface area contributed by atoms with E-state index in [1.165, 1.54) is 0 Å². The summed E-state index contributed by atoms with van der Waals surface area (Å²) in [6.07, 6.45) is -5.71. The number of hydrogen-bond acceptors (Lipinski definition) is 4. The summed E-state index contributed by atoms with van der Waals surface area (Å²) in [5, 5.41) is 8.94. The van der Waals surface area contributed by atoms with Gasteiger partial charge in [-0.1, -0.05) is 18.2 Å². The van der Waals surface area contributed by atoms with E-state index in [-0.39, 0.29) is 31.7 Å². The van der Waals surface area contributed by atoms with Crippen LogP contribution in [-0.2, 0) is 16.2 Å². The number of piperidine rings is 1. The van der Waals surface area contributed by atoms with Gasteiger partial charge >= 0.3 is 12.3 Å². The number of hydrogen-bond donors (Lipinski definition) is 2. The molecule has 0 aliphatic carbocycles. The minimum Gasteiger partial charge on any atom is -0.465 e. The number of nitrogens with one attached hydrogen (secondary N) is 1. The van der Waals surface area contributed by atoms with Crippen LogP contribution in [0.4, 0.5) is 18.0 Å². The third kappa shape index (κ3) is 5.22. The van der Waals surface area contributed by atoms with Crippen molar-refractivity contribution in [2.45, 2.75) is 30.0 Å². The number of likely N-dealkylation sites (tertiary alicyclic amines) is 1. The lowest BCUT2D eigenvalue weighted by Crippen LogP contribution is -2.46. The van der Waals surface area contributed by atoms with Gasteiger partial charge in [0, 0.05) is 19.1 Å². The number of alkyl halides is 3. The summed E-state index contributed by atoms with van der Waals surface area (Å²) in [5.74, 6) is 0.159. The van der Waals surface area contributed by atoms with Crippen LogP contribution >= 0.6 is 0 Å². The van der Waals surface area contributed by atoms with Crippen LogP contribution in [0, 0.1) is 0 Å². The van der Waals surface area contributed by atoms with Crippen LogP contribution in [0.1, 0.15) is 18.4 Å². The lowest BCUT2D eigenvalue weighted by molar-refractivity contribution is -0.140. The molecule has 7 nitrogen and oxygen atoms in total. The molecule has 1 saturated heterocycles. The number of halogens is 3. The average Bonchev–Trinajstić information content (AvgIpc) is 2.68. The number of amides is 1. The van der Waals surface area contributed by atoms with Gasteiger partial charge < -0.3 is 14.7 Å². The van der Waals surface area contributed by atoms with Gasteiger partial charge in [-0.25, -0.2) is 17.9 Å². The molecule has 30 heavy (non-hydrogen) atoms. The van der Waals surface area contributed by atoms with E-state index in [0.717, 1.165) is 17.0 Å². The number of carboxylic acid groups (broad SMARTS) is 1. The molecule has 0 aromatic heterocycles. The number of carbonyl (C=O) groups is 1. The van der Waals surface area contributed by atoms with Crippen molar-refractivity contribution in [1.82, 2.24) is 9.62 Å². The molecular formula is C19H19F3N2O5S. The third-order valence-electron chi connectivity index (χ3n) is 4.61. The highest BCUT2D eigenvalue weighted by Crippen LogP contribution is 2.37. The molecular weight excluding hydrogens is 425 g/mol. The summed E-state index contributed by atoms with van der Waals surface area (Å²) < 4.78 is 73.8. The van der Waals surface area contributed by atoms with Crippen molar-refractivity contribution < 1.29 is 36.2 Å². The molecule has 0 spiro atoms. The van der Waals surface area contributed by atoms with E-state index in [1.54, 1.807) is 30.3 Å². The fraction of sp³-hybridized carbons (Fsp3) is 0.316. The minimum absolute atomic E-state index is 0.0957. The van der Waals surface area contributed by atoms with Crippen LogP contribution in [0.5, 0.6) is 11.5 Å². The van der Waals surface area contributed by atoms with Gasteiger partial charge in [-0.2, -0.15) is 13.2 Å². The molecule has 0 atom stereocenters. The maximum atomic E-state index is 13.6. The highest BCUT2D eigenvalue weighted by atomic mass is 32.2. The maximum absolute atomic E-state index is 13.6. The Morgan fingerprint density at radius 3 is 2.27 bits per heavy atom. The number of ether oxygens (including phenoxy) is 1. The summed E-state index contributed by atoms with van der Waals surface area (Å²) in [6, 6.07) is 10.1. The van der Waals surface area contributed by atoms with Crippen molar-refractivity contribution in [3.05, 3.63) is 54.1 Å². The summed E-state index contributed by atoms with van der Waals surface area (Å²) in [5.41, 5.74) is -1.34. The Kier molecular flexibility index (Phi) is 6.22. The van der Waals surface area contributed by atoms with E-state index in [4.69, 9.17) is 9.84 Å². The maximum Gasteiger partial charge on any atom is 0.417 e. The Labute approximate surface area is 171 Å². The first-order chi connectivity index (χ1) is 14.1. The Hall–Kier alpha value is -2.79. The van der Waals surface area contributed by atoms with Crippen molar-refractivity contribution in [2.24, 2.45) is 0 Å². The predicted octanol–water partition coefficient (Wildman–Crippen LogP) is 3.92. The second-order valence-electron chi connectivity index (χ2n) is 6.74. The third-order valence-corrected chi connectivity index (χ3v) is 6.19. The fourth-order valence-electron chi connectivity index (χ4n) is 3.12.